The predicted octanol–water partition coefficient (Wildman–Crippen LogP) is 2.23. The van der Waals surface area contributed by atoms with Gasteiger partial charge in [0.1, 0.15) is 0 Å². The molecule has 1 aromatic heterocycles. The number of hydrogen-bond acceptors (Lipinski definition) is 4. The lowest BCUT2D eigenvalue weighted by atomic mass is 9.99. The average Bonchev–Trinajstić information content (AvgIpc) is 3.11. The van der Waals surface area contributed by atoms with Gasteiger partial charge in [0.15, 0.2) is 5.69 Å². The van der Waals surface area contributed by atoms with Crippen molar-refractivity contribution in [3.8, 4) is 5.69 Å². The van der Waals surface area contributed by atoms with E-state index in [4.69, 9.17) is 11.6 Å². The first-order valence-electron chi connectivity index (χ1n) is 8.42. The van der Waals surface area contributed by atoms with Gasteiger partial charge in [-0.2, -0.15) is 0 Å². The van der Waals surface area contributed by atoms with Crippen LogP contribution in [0.5, 0.6) is 0 Å². The second-order valence-electron chi connectivity index (χ2n) is 6.46. The third-order valence-corrected chi connectivity index (χ3v) is 5.18. The molecule has 2 saturated heterocycles. The molecular weight excluding hydrogens is 326 g/mol. The molecule has 0 spiro atoms. The molecular formula is C17H20ClN5O. The number of halogens is 1. The number of piperidine rings is 1. The molecule has 0 N–H and O–H groups in total. The molecule has 24 heavy (non-hydrogen) atoms. The predicted molar refractivity (Wildman–Crippen MR) is 91.5 cm³/mol. The van der Waals surface area contributed by atoms with Crippen molar-refractivity contribution in [3.63, 3.8) is 0 Å². The van der Waals surface area contributed by atoms with Gasteiger partial charge >= 0.3 is 0 Å². The Hall–Kier alpha value is -1.92. The molecule has 4 rings (SSSR count). The number of nitrogens with zero attached hydrogens (tertiary/aromatic N) is 5. The molecule has 2 aliphatic rings. The Kier molecular flexibility index (Phi) is 4.24. The fourth-order valence-corrected chi connectivity index (χ4v) is 3.71. The average molecular weight is 346 g/mol. The first-order valence-corrected chi connectivity index (χ1v) is 8.80. The number of benzene rings is 1. The van der Waals surface area contributed by atoms with E-state index in [1.165, 1.54) is 25.8 Å². The second kappa shape index (κ2) is 6.53. The Morgan fingerprint density at radius 3 is 2.79 bits per heavy atom. The van der Waals surface area contributed by atoms with Crippen molar-refractivity contribution in [1.82, 2.24) is 24.8 Å². The van der Waals surface area contributed by atoms with Crippen LogP contribution in [-0.2, 0) is 0 Å². The molecule has 6 nitrogen and oxygen atoms in total. The van der Waals surface area contributed by atoms with E-state index >= 15 is 0 Å². The van der Waals surface area contributed by atoms with Crippen LogP contribution in [0.15, 0.2) is 30.5 Å². The minimum atomic E-state index is -0.0274. The topological polar surface area (TPSA) is 54.3 Å². The van der Waals surface area contributed by atoms with Crippen LogP contribution in [-0.4, -0.2) is 62.9 Å². The van der Waals surface area contributed by atoms with Crippen molar-refractivity contribution in [2.24, 2.45) is 0 Å². The van der Waals surface area contributed by atoms with Crippen molar-refractivity contribution in [1.29, 1.82) is 0 Å². The molecule has 1 amide bonds. The summed E-state index contributed by atoms with van der Waals surface area (Å²) in [7, 11) is 0. The van der Waals surface area contributed by atoms with Gasteiger partial charge in [0.2, 0.25) is 0 Å². The summed E-state index contributed by atoms with van der Waals surface area (Å²) in [5.41, 5.74) is 1.23. The molecule has 0 unspecified atom stereocenters. The number of aromatic nitrogens is 3. The number of carbonyl (C=O) groups excluding carboxylic acids is 1. The minimum Gasteiger partial charge on any atom is -0.334 e. The maximum Gasteiger partial charge on any atom is 0.276 e. The van der Waals surface area contributed by atoms with Crippen LogP contribution in [0.3, 0.4) is 0 Å². The highest BCUT2D eigenvalue weighted by atomic mass is 35.5. The zero-order valence-corrected chi connectivity index (χ0v) is 14.2. The van der Waals surface area contributed by atoms with Gasteiger partial charge in [0.05, 0.1) is 11.9 Å². The highest BCUT2D eigenvalue weighted by molar-refractivity contribution is 6.30. The van der Waals surface area contributed by atoms with E-state index in [9.17, 15) is 4.79 Å². The third-order valence-electron chi connectivity index (χ3n) is 4.93. The number of hydrogen-bond donors (Lipinski definition) is 0. The zero-order chi connectivity index (χ0) is 16.5. The van der Waals surface area contributed by atoms with Crippen LogP contribution in [0.1, 0.15) is 29.8 Å². The van der Waals surface area contributed by atoms with Gasteiger partial charge in [0.25, 0.3) is 5.91 Å². The van der Waals surface area contributed by atoms with Crippen LogP contribution in [0.25, 0.3) is 5.69 Å². The van der Waals surface area contributed by atoms with Crippen LogP contribution in [0, 0.1) is 0 Å². The zero-order valence-electron chi connectivity index (χ0n) is 13.4. The standard InChI is InChI=1S/C17H20ClN5O/c18-13-4-6-14(7-5-13)23-12-16(19-20-23)17(24)22-10-9-21-8-2-1-3-15(21)11-22/h4-7,12,15H,1-3,8-11H2/t15-/m1/s1. The molecule has 1 aromatic carbocycles. The first-order chi connectivity index (χ1) is 11.7. The molecule has 0 saturated carbocycles. The summed E-state index contributed by atoms with van der Waals surface area (Å²) >= 11 is 5.90. The quantitative estimate of drug-likeness (QED) is 0.837. The molecule has 0 bridgehead atoms. The monoisotopic (exact) mass is 345 g/mol. The maximum absolute atomic E-state index is 12.7. The molecule has 2 aromatic rings. The summed E-state index contributed by atoms with van der Waals surface area (Å²) < 4.78 is 1.61. The van der Waals surface area contributed by atoms with Crippen molar-refractivity contribution in [3.05, 3.63) is 41.2 Å². The Balaban J connectivity index is 1.48. The number of rotatable bonds is 2. The Labute approximate surface area is 146 Å². The first kappa shape index (κ1) is 15.6. The highest BCUT2D eigenvalue weighted by Gasteiger charge is 2.32. The Morgan fingerprint density at radius 2 is 1.96 bits per heavy atom. The van der Waals surface area contributed by atoms with Gasteiger partial charge in [-0.1, -0.05) is 23.2 Å². The summed E-state index contributed by atoms with van der Waals surface area (Å²) in [6.07, 6.45) is 5.41. The van der Waals surface area contributed by atoms with E-state index in [1.807, 2.05) is 17.0 Å². The summed E-state index contributed by atoms with van der Waals surface area (Å²) in [5.74, 6) is -0.0274. The van der Waals surface area contributed by atoms with Gasteiger partial charge in [-0.25, -0.2) is 4.68 Å². The second-order valence-corrected chi connectivity index (χ2v) is 6.90. The summed E-state index contributed by atoms with van der Waals surface area (Å²) in [4.78, 5) is 17.2. The molecule has 0 aliphatic carbocycles. The maximum atomic E-state index is 12.7. The Bertz CT molecular complexity index is 729. The van der Waals surface area contributed by atoms with E-state index < -0.39 is 0 Å². The molecule has 3 heterocycles. The summed E-state index contributed by atoms with van der Waals surface area (Å²) in [5, 5.41) is 8.82. The van der Waals surface area contributed by atoms with Gasteiger partial charge < -0.3 is 4.90 Å². The fourth-order valence-electron chi connectivity index (χ4n) is 3.58. The normalized spacial score (nSPS) is 21.5. The smallest absolute Gasteiger partial charge is 0.276 e. The lowest BCUT2D eigenvalue weighted by Crippen LogP contribution is -2.56. The van der Waals surface area contributed by atoms with Crippen LogP contribution in [0.2, 0.25) is 5.02 Å². The molecule has 126 valence electrons. The van der Waals surface area contributed by atoms with Crippen molar-refractivity contribution < 1.29 is 4.79 Å². The SMILES string of the molecule is O=C(c1cn(-c2ccc(Cl)cc2)nn1)N1CCN2CCCC[C@@H]2C1. The van der Waals surface area contributed by atoms with E-state index in [0.29, 0.717) is 16.8 Å². The minimum absolute atomic E-state index is 0.0274. The van der Waals surface area contributed by atoms with Gasteiger partial charge in [0, 0.05) is 30.7 Å². The number of carbonyl (C=O) groups is 1. The largest absolute Gasteiger partial charge is 0.334 e. The van der Waals surface area contributed by atoms with E-state index in [2.05, 4.69) is 15.2 Å². The lowest BCUT2D eigenvalue weighted by molar-refractivity contribution is 0.0368. The van der Waals surface area contributed by atoms with Crippen LogP contribution in [0.4, 0.5) is 0 Å². The lowest BCUT2D eigenvalue weighted by Gasteiger charge is -2.43. The number of amides is 1. The van der Waals surface area contributed by atoms with Gasteiger partial charge in [-0.15, -0.1) is 5.10 Å². The van der Waals surface area contributed by atoms with Gasteiger partial charge in [-0.3, -0.25) is 9.69 Å². The van der Waals surface area contributed by atoms with E-state index in [1.54, 1.807) is 23.0 Å². The summed E-state index contributed by atoms with van der Waals surface area (Å²) in [6.45, 7) is 3.69. The molecule has 0 radical (unpaired) electrons. The van der Waals surface area contributed by atoms with Crippen molar-refractivity contribution >= 4 is 17.5 Å². The van der Waals surface area contributed by atoms with E-state index in [-0.39, 0.29) is 5.91 Å². The summed E-state index contributed by atoms with van der Waals surface area (Å²) in [6, 6.07) is 7.80. The van der Waals surface area contributed by atoms with Crippen LogP contribution < -0.4 is 0 Å². The highest BCUT2D eigenvalue weighted by Crippen LogP contribution is 2.22. The Morgan fingerprint density at radius 1 is 1.12 bits per heavy atom. The molecule has 2 fully saturated rings. The molecule has 1 atom stereocenters. The number of piperazine rings is 1. The fraction of sp³-hybridized carbons (Fsp3) is 0.471. The third kappa shape index (κ3) is 3.03. The van der Waals surface area contributed by atoms with E-state index in [0.717, 1.165) is 25.3 Å². The van der Waals surface area contributed by atoms with Crippen molar-refractivity contribution in [2.45, 2.75) is 25.3 Å². The van der Waals surface area contributed by atoms with Crippen LogP contribution >= 0.6 is 11.6 Å². The van der Waals surface area contributed by atoms with Gasteiger partial charge in [-0.05, 0) is 43.7 Å². The number of fused-ring (bicyclic) bond motifs is 1. The molecule has 2 aliphatic heterocycles. The molecule has 7 heteroatoms. The van der Waals surface area contributed by atoms with Crippen molar-refractivity contribution in [2.75, 3.05) is 26.2 Å².